The zero-order valence-corrected chi connectivity index (χ0v) is 5.67. The van der Waals surface area contributed by atoms with Gasteiger partial charge in [0, 0.05) is 12.4 Å². The molecule has 1 unspecified atom stereocenters. The summed E-state index contributed by atoms with van der Waals surface area (Å²) in [6.07, 6.45) is 8.23. The highest BCUT2D eigenvalue weighted by atomic mass is 15.3. The standard InChI is InChI=1S/C7H12N2/c1-7-3-2-5-8-9-6-4-7/h4-7,9H,2-3H2,1H3/b6-4-,8-5+. The molecule has 1 aliphatic rings. The second kappa shape index (κ2) is 3.28. The van der Waals surface area contributed by atoms with E-state index in [1.165, 1.54) is 6.42 Å². The van der Waals surface area contributed by atoms with Crippen molar-refractivity contribution in [1.82, 2.24) is 5.43 Å². The van der Waals surface area contributed by atoms with Gasteiger partial charge < -0.3 is 0 Å². The van der Waals surface area contributed by atoms with Crippen molar-refractivity contribution in [2.75, 3.05) is 0 Å². The third kappa shape index (κ3) is 2.31. The van der Waals surface area contributed by atoms with E-state index in [9.17, 15) is 0 Å². The van der Waals surface area contributed by atoms with E-state index in [-0.39, 0.29) is 0 Å². The van der Waals surface area contributed by atoms with E-state index in [2.05, 4.69) is 23.5 Å². The van der Waals surface area contributed by atoms with Gasteiger partial charge in [-0.1, -0.05) is 13.0 Å². The topological polar surface area (TPSA) is 24.4 Å². The first-order valence-electron chi connectivity index (χ1n) is 3.33. The van der Waals surface area contributed by atoms with Crippen molar-refractivity contribution in [3.8, 4) is 0 Å². The number of rotatable bonds is 0. The number of hydrogen-bond acceptors (Lipinski definition) is 2. The van der Waals surface area contributed by atoms with E-state index in [0.717, 1.165) is 6.42 Å². The summed E-state index contributed by atoms with van der Waals surface area (Å²) >= 11 is 0. The van der Waals surface area contributed by atoms with E-state index < -0.39 is 0 Å². The summed E-state index contributed by atoms with van der Waals surface area (Å²) in [6.45, 7) is 2.21. The Bertz CT molecular complexity index is 127. The number of allylic oxidation sites excluding steroid dienone is 1. The van der Waals surface area contributed by atoms with Gasteiger partial charge in [0.05, 0.1) is 0 Å². The largest absolute Gasteiger partial charge is 0.286 e. The minimum Gasteiger partial charge on any atom is -0.286 e. The number of hydrazone groups is 1. The molecule has 0 bridgehead atoms. The van der Waals surface area contributed by atoms with E-state index >= 15 is 0 Å². The molecule has 0 radical (unpaired) electrons. The van der Waals surface area contributed by atoms with Crippen LogP contribution in [0.4, 0.5) is 0 Å². The fourth-order valence-electron chi connectivity index (χ4n) is 0.801. The highest BCUT2D eigenvalue weighted by Gasteiger charge is 1.95. The van der Waals surface area contributed by atoms with E-state index in [1.54, 1.807) is 0 Å². The minimum absolute atomic E-state index is 0.684. The van der Waals surface area contributed by atoms with Crippen LogP contribution in [0.25, 0.3) is 0 Å². The Labute approximate surface area is 55.6 Å². The predicted octanol–water partition coefficient (Wildman–Crippen LogP) is 1.51. The van der Waals surface area contributed by atoms with Gasteiger partial charge in [-0.25, -0.2) is 0 Å². The van der Waals surface area contributed by atoms with Gasteiger partial charge in [0.1, 0.15) is 0 Å². The first kappa shape index (κ1) is 6.33. The first-order valence-corrected chi connectivity index (χ1v) is 3.33. The number of nitrogens with zero attached hydrogens (tertiary/aromatic N) is 1. The average molecular weight is 124 g/mol. The fourth-order valence-corrected chi connectivity index (χ4v) is 0.801. The van der Waals surface area contributed by atoms with Crippen molar-refractivity contribution in [3.05, 3.63) is 12.3 Å². The van der Waals surface area contributed by atoms with Crippen molar-refractivity contribution < 1.29 is 0 Å². The monoisotopic (exact) mass is 124 g/mol. The molecule has 1 heterocycles. The molecular weight excluding hydrogens is 112 g/mol. The van der Waals surface area contributed by atoms with Crippen LogP contribution in [0.15, 0.2) is 17.4 Å². The molecule has 0 saturated carbocycles. The Morgan fingerprint density at radius 1 is 1.67 bits per heavy atom. The quantitative estimate of drug-likeness (QED) is 0.520. The summed E-state index contributed by atoms with van der Waals surface area (Å²) in [7, 11) is 0. The molecule has 2 heteroatoms. The first-order chi connectivity index (χ1) is 4.39. The smallest absolute Gasteiger partial charge is 0.0246 e. The Kier molecular flexibility index (Phi) is 2.31. The molecule has 1 N–H and O–H groups in total. The highest BCUT2D eigenvalue weighted by molar-refractivity contribution is 5.56. The Balaban J connectivity index is 2.40. The Morgan fingerprint density at radius 2 is 2.56 bits per heavy atom. The molecular formula is C7H12N2. The van der Waals surface area contributed by atoms with Crippen LogP contribution in [0, 0.1) is 5.92 Å². The lowest BCUT2D eigenvalue weighted by atomic mass is 10.1. The fraction of sp³-hybridized carbons (Fsp3) is 0.571. The van der Waals surface area contributed by atoms with Crippen LogP contribution < -0.4 is 5.43 Å². The van der Waals surface area contributed by atoms with E-state index in [4.69, 9.17) is 0 Å². The molecule has 9 heavy (non-hydrogen) atoms. The summed E-state index contributed by atoms with van der Waals surface area (Å²) in [6, 6.07) is 0. The summed E-state index contributed by atoms with van der Waals surface area (Å²) in [4.78, 5) is 0. The van der Waals surface area contributed by atoms with Crippen LogP contribution in [0.5, 0.6) is 0 Å². The SMILES string of the molecule is CC1/C=C\N/N=C/CC1. The molecule has 0 aliphatic carbocycles. The zero-order valence-electron chi connectivity index (χ0n) is 5.67. The van der Waals surface area contributed by atoms with Crippen molar-refractivity contribution in [2.45, 2.75) is 19.8 Å². The van der Waals surface area contributed by atoms with Gasteiger partial charge in [0.25, 0.3) is 0 Å². The number of hydrogen-bond donors (Lipinski definition) is 1. The molecule has 0 amide bonds. The van der Waals surface area contributed by atoms with E-state index in [0.29, 0.717) is 5.92 Å². The van der Waals surface area contributed by atoms with Crippen LogP contribution in [0.2, 0.25) is 0 Å². The van der Waals surface area contributed by atoms with Gasteiger partial charge >= 0.3 is 0 Å². The summed E-state index contributed by atoms with van der Waals surface area (Å²) in [5, 5.41) is 3.90. The maximum absolute atomic E-state index is 3.90. The number of nitrogens with one attached hydrogen (secondary N) is 1. The van der Waals surface area contributed by atoms with E-state index in [1.807, 2.05) is 12.4 Å². The average Bonchev–Trinajstić information content (AvgIpc) is 1.79. The van der Waals surface area contributed by atoms with Crippen LogP contribution in [-0.4, -0.2) is 6.21 Å². The van der Waals surface area contributed by atoms with Crippen LogP contribution >= 0.6 is 0 Å². The van der Waals surface area contributed by atoms with Crippen molar-refractivity contribution >= 4 is 6.21 Å². The van der Waals surface area contributed by atoms with Gasteiger partial charge in [0.2, 0.25) is 0 Å². The molecule has 0 fully saturated rings. The van der Waals surface area contributed by atoms with Crippen molar-refractivity contribution in [3.63, 3.8) is 0 Å². The maximum Gasteiger partial charge on any atom is 0.0246 e. The van der Waals surface area contributed by atoms with Crippen molar-refractivity contribution in [1.29, 1.82) is 0 Å². The van der Waals surface area contributed by atoms with Crippen LogP contribution in [0.3, 0.4) is 0 Å². The van der Waals surface area contributed by atoms with Crippen LogP contribution in [-0.2, 0) is 0 Å². The molecule has 0 aromatic carbocycles. The highest BCUT2D eigenvalue weighted by Crippen LogP contribution is 2.05. The maximum atomic E-state index is 3.90. The molecule has 50 valence electrons. The van der Waals surface area contributed by atoms with Gasteiger partial charge in [-0.05, 0) is 18.8 Å². The predicted molar refractivity (Wildman–Crippen MR) is 39.2 cm³/mol. The zero-order chi connectivity index (χ0) is 6.53. The molecule has 2 nitrogen and oxygen atoms in total. The molecule has 1 aliphatic heterocycles. The lowest BCUT2D eigenvalue weighted by Crippen LogP contribution is -2.01. The molecule has 0 aromatic rings. The summed E-state index contributed by atoms with van der Waals surface area (Å²) < 4.78 is 0. The normalized spacial score (nSPS) is 33.7. The molecule has 0 spiro atoms. The summed E-state index contributed by atoms with van der Waals surface area (Å²) in [5.41, 5.74) is 2.81. The molecule has 0 saturated heterocycles. The molecule has 0 aromatic heterocycles. The second-order valence-electron chi connectivity index (χ2n) is 2.35. The lowest BCUT2D eigenvalue weighted by Gasteiger charge is -2.04. The molecule has 1 rings (SSSR count). The third-order valence-electron chi connectivity index (χ3n) is 1.42. The van der Waals surface area contributed by atoms with Crippen molar-refractivity contribution in [2.24, 2.45) is 11.0 Å². The van der Waals surface area contributed by atoms with Gasteiger partial charge in [-0.2, -0.15) is 5.10 Å². The molecule has 1 atom stereocenters. The third-order valence-corrected chi connectivity index (χ3v) is 1.42. The minimum atomic E-state index is 0.684. The lowest BCUT2D eigenvalue weighted by molar-refractivity contribution is 0.659. The Hall–Kier alpha value is -0.790. The summed E-state index contributed by atoms with van der Waals surface area (Å²) in [5.74, 6) is 0.684. The van der Waals surface area contributed by atoms with Crippen LogP contribution in [0.1, 0.15) is 19.8 Å². The van der Waals surface area contributed by atoms with Gasteiger partial charge in [-0.15, -0.1) is 0 Å². The van der Waals surface area contributed by atoms with Gasteiger partial charge in [-0.3, -0.25) is 5.43 Å². The second-order valence-corrected chi connectivity index (χ2v) is 2.35. The van der Waals surface area contributed by atoms with Gasteiger partial charge in [0.15, 0.2) is 0 Å². The Morgan fingerprint density at radius 3 is 3.44 bits per heavy atom.